The first-order valence-electron chi connectivity index (χ1n) is 6.02. The molecule has 0 aromatic heterocycles. The molecular weight excluding hydrogens is 200 g/mol. The molecule has 1 aliphatic heterocycles. The lowest BCUT2D eigenvalue weighted by Crippen LogP contribution is -2.33. The van der Waals surface area contributed by atoms with Crippen molar-refractivity contribution in [1.29, 1.82) is 0 Å². The maximum atomic E-state index is 11.2. The molecule has 1 aliphatic carbocycles. The highest BCUT2D eigenvalue weighted by atomic mass is 16.2. The molecule has 3 heteroatoms. The molecule has 0 spiro atoms. The number of carbonyl (C=O) groups is 1. The molecule has 1 aromatic carbocycles. The lowest BCUT2D eigenvalue weighted by molar-refractivity contribution is 0.251. The van der Waals surface area contributed by atoms with E-state index < -0.39 is 0 Å². The van der Waals surface area contributed by atoms with Crippen molar-refractivity contribution >= 4 is 11.7 Å². The van der Waals surface area contributed by atoms with E-state index in [0.717, 1.165) is 12.1 Å². The van der Waals surface area contributed by atoms with Gasteiger partial charge >= 0.3 is 6.03 Å². The van der Waals surface area contributed by atoms with Crippen LogP contribution in [0.4, 0.5) is 10.5 Å². The summed E-state index contributed by atoms with van der Waals surface area (Å²) < 4.78 is 0. The summed E-state index contributed by atoms with van der Waals surface area (Å²) in [5.41, 5.74) is 5.14. The minimum atomic E-state index is -0.0823. The summed E-state index contributed by atoms with van der Waals surface area (Å²) >= 11 is 0. The van der Waals surface area contributed by atoms with Crippen LogP contribution >= 0.6 is 0 Å². The van der Waals surface area contributed by atoms with E-state index in [1.165, 1.54) is 42.4 Å². The van der Waals surface area contributed by atoms with E-state index in [2.05, 4.69) is 22.8 Å². The number of amides is 2. The molecule has 1 aromatic rings. The van der Waals surface area contributed by atoms with Crippen LogP contribution in [0.15, 0.2) is 12.1 Å². The number of fused-ring (bicyclic) bond motifs is 2. The van der Waals surface area contributed by atoms with Gasteiger partial charge in [0.1, 0.15) is 0 Å². The van der Waals surface area contributed by atoms with Crippen LogP contribution < -0.4 is 10.6 Å². The molecule has 16 heavy (non-hydrogen) atoms. The van der Waals surface area contributed by atoms with Gasteiger partial charge in [0.2, 0.25) is 0 Å². The maximum absolute atomic E-state index is 11.2. The van der Waals surface area contributed by atoms with Crippen molar-refractivity contribution < 1.29 is 4.79 Å². The molecule has 0 saturated heterocycles. The Hall–Kier alpha value is -1.51. The normalized spacial score (nSPS) is 18.9. The summed E-state index contributed by atoms with van der Waals surface area (Å²) in [5, 5.41) is 5.69. The van der Waals surface area contributed by atoms with Crippen LogP contribution in [0.25, 0.3) is 0 Å². The maximum Gasteiger partial charge on any atom is 0.319 e. The molecule has 0 radical (unpaired) electrons. The molecule has 0 saturated carbocycles. The van der Waals surface area contributed by atoms with Crippen molar-refractivity contribution in [3.8, 4) is 0 Å². The van der Waals surface area contributed by atoms with E-state index in [9.17, 15) is 4.79 Å². The van der Waals surface area contributed by atoms with Crippen LogP contribution in [-0.4, -0.2) is 6.03 Å². The summed E-state index contributed by atoms with van der Waals surface area (Å²) in [6.45, 7) is 0.661. The fourth-order valence-corrected chi connectivity index (χ4v) is 2.62. The number of hydrogen-bond donors (Lipinski definition) is 2. The molecule has 3 nitrogen and oxygen atoms in total. The van der Waals surface area contributed by atoms with Gasteiger partial charge in [-0.15, -0.1) is 0 Å². The van der Waals surface area contributed by atoms with E-state index in [4.69, 9.17) is 0 Å². The Morgan fingerprint density at radius 2 is 1.69 bits per heavy atom. The zero-order valence-electron chi connectivity index (χ0n) is 9.31. The number of nitrogens with one attached hydrogen (secondary N) is 2. The van der Waals surface area contributed by atoms with Gasteiger partial charge < -0.3 is 10.6 Å². The van der Waals surface area contributed by atoms with E-state index in [1.54, 1.807) is 0 Å². The molecule has 2 N–H and O–H groups in total. The zero-order chi connectivity index (χ0) is 11.0. The van der Waals surface area contributed by atoms with Crippen molar-refractivity contribution in [1.82, 2.24) is 5.32 Å². The van der Waals surface area contributed by atoms with Gasteiger partial charge in [0, 0.05) is 12.2 Å². The van der Waals surface area contributed by atoms with E-state index in [1.807, 2.05) is 0 Å². The van der Waals surface area contributed by atoms with Crippen LogP contribution in [-0.2, 0) is 19.4 Å². The van der Waals surface area contributed by atoms with Crippen LogP contribution in [0.1, 0.15) is 36.0 Å². The molecule has 2 aliphatic rings. The average molecular weight is 216 g/mol. The fourth-order valence-electron chi connectivity index (χ4n) is 2.62. The van der Waals surface area contributed by atoms with Gasteiger partial charge in [-0.25, -0.2) is 4.79 Å². The summed E-state index contributed by atoms with van der Waals surface area (Å²) in [6, 6.07) is 4.36. The van der Waals surface area contributed by atoms with Gasteiger partial charge in [0.15, 0.2) is 0 Å². The number of benzene rings is 1. The molecule has 2 amide bonds. The number of anilines is 1. The minimum absolute atomic E-state index is 0.0823. The van der Waals surface area contributed by atoms with Crippen LogP contribution in [0.3, 0.4) is 0 Å². The average Bonchev–Trinajstić information content (AvgIpc) is 2.50. The molecule has 84 valence electrons. The largest absolute Gasteiger partial charge is 0.334 e. The van der Waals surface area contributed by atoms with E-state index in [0.29, 0.717) is 6.54 Å². The van der Waals surface area contributed by atoms with Crippen LogP contribution in [0.5, 0.6) is 0 Å². The van der Waals surface area contributed by atoms with Crippen LogP contribution in [0.2, 0.25) is 0 Å². The van der Waals surface area contributed by atoms with Crippen molar-refractivity contribution in [2.24, 2.45) is 0 Å². The quantitative estimate of drug-likeness (QED) is 0.643. The van der Waals surface area contributed by atoms with Crippen molar-refractivity contribution in [2.75, 3.05) is 5.32 Å². The summed E-state index contributed by atoms with van der Waals surface area (Å²) in [5.74, 6) is 0. The van der Waals surface area contributed by atoms with Gasteiger partial charge in [0.25, 0.3) is 0 Å². The lowest BCUT2D eigenvalue weighted by Gasteiger charge is -2.20. The van der Waals surface area contributed by atoms with Gasteiger partial charge in [-0.05, 0) is 48.4 Å². The van der Waals surface area contributed by atoms with Crippen molar-refractivity contribution in [3.63, 3.8) is 0 Å². The molecule has 0 unspecified atom stereocenters. The molecule has 3 rings (SSSR count). The zero-order valence-corrected chi connectivity index (χ0v) is 9.31. The summed E-state index contributed by atoms with van der Waals surface area (Å²) in [4.78, 5) is 11.2. The van der Waals surface area contributed by atoms with E-state index in [-0.39, 0.29) is 6.03 Å². The van der Waals surface area contributed by atoms with E-state index >= 15 is 0 Å². The van der Waals surface area contributed by atoms with Gasteiger partial charge in [-0.2, -0.15) is 0 Å². The van der Waals surface area contributed by atoms with Gasteiger partial charge in [-0.3, -0.25) is 0 Å². The number of carbonyl (C=O) groups excluding carboxylic acids is 1. The number of rotatable bonds is 0. The molecular formula is C13H16N2O. The van der Waals surface area contributed by atoms with Crippen molar-refractivity contribution in [3.05, 3.63) is 28.8 Å². The van der Waals surface area contributed by atoms with Crippen molar-refractivity contribution in [2.45, 2.75) is 38.6 Å². The first kappa shape index (κ1) is 9.70. The second kappa shape index (κ2) is 3.81. The highest BCUT2D eigenvalue weighted by Gasteiger charge is 2.17. The Morgan fingerprint density at radius 1 is 0.938 bits per heavy atom. The third kappa shape index (κ3) is 1.66. The molecule has 0 bridgehead atoms. The van der Waals surface area contributed by atoms with Crippen LogP contribution in [0, 0.1) is 0 Å². The highest BCUT2D eigenvalue weighted by molar-refractivity contribution is 5.92. The Labute approximate surface area is 95.2 Å². The summed E-state index contributed by atoms with van der Waals surface area (Å²) in [7, 11) is 0. The Morgan fingerprint density at radius 3 is 2.50 bits per heavy atom. The molecule has 0 fully saturated rings. The fraction of sp³-hybridized carbons (Fsp3) is 0.462. The third-order valence-corrected chi connectivity index (χ3v) is 3.51. The smallest absolute Gasteiger partial charge is 0.319 e. The second-order valence-electron chi connectivity index (χ2n) is 4.65. The number of hydrogen-bond acceptors (Lipinski definition) is 1. The first-order valence-corrected chi connectivity index (χ1v) is 6.02. The predicted molar refractivity (Wildman–Crippen MR) is 63.6 cm³/mol. The molecule has 1 heterocycles. The van der Waals surface area contributed by atoms with Gasteiger partial charge in [-0.1, -0.05) is 12.5 Å². The monoisotopic (exact) mass is 216 g/mol. The second-order valence-corrected chi connectivity index (χ2v) is 4.65. The lowest BCUT2D eigenvalue weighted by atomic mass is 9.97. The number of aryl methyl sites for hydroxylation is 2. The number of urea groups is 1. The van der Waals surface area contributed by atoms with Gasteiger partial charge in [0.05, 0.1) is 0 Å². The summed E-state index contributed by atoms with van der Waals surface area (Å²) in [6.07, 6.45) is 6.25. The topological polar surface area (TPSA) is 41.1 Å². The Balaban J connectivity index is 2.02. The standard InChI is InChI=1S/C13H16N2O/c16-13-14-8-11-6-9-4-2-1-3-5-10(9)7-12(11)15-13/h6-7H,1-5,8H2,(H2,14,15,16). The SMILES string of the molecule is O=C1NCc2cc3c(cc2N1)CCCCC3. The third-order valence-electron chi connectivity index (χ3n) is 3.51. The minimum Gasteiger partial charge on any atom is -0.334 e. The Kier molecular flexibility index (Phi) is 2.31. The Bertz CT molecular complexity index is 440. The predicted octanol–water partition coefficient (Wildman–Crippen LogP) is 2.59. The molecule has 0 atom stereocenters. The highest BCUT2D eigenvalue weighted by Crippen LogP contribution is 2.28. The first-order chi connectivity index (χ1) is 7.83.